The summed E-state index contributed by atoms with van der Waals surface area (Å²) < 4.78 is 0. The fourth-order valence-corrected chi connectivity index (χ4v) is 2.26. The lowest BCUT2D eigenvalue weighted by Crippen LogP contribution is -2.34. The van der Waals surface area contributed by atoms with E-state index in [1.165, 1.54) is 0 Å². The van der Waals surface area contributed by atoms with Gasteiger partial charge in [0, 0.05) is 20.6 Å². The maximum Gasteiger partial charge on any atom is 0.224 e. The number of carbonyl (C=O) groups excluding carboxylic acids is 1. The second-order valence-corrected chi connectivity index (χ2v) is 5.19. The third-order valence-electron chi connectivity index (χ3n) is 3.11. The molecule has 0 saturated carbocycles. The second kappa shape index (κ2) is 6.78. The number of anilines is 1. The van der Waals surface area contributed by atoms with E-state index in [2.05, 4.69) is 5.32 Å². The molecule has 1 unspecified atom stereocenters. The number of halogens is 1. The summed E-state index contributed by atoms with van der Waals surface area (Å²) >= 11 is 6.21. The Morgan fingerprint density at radius 2 is 2.11 bits per heavy atom. The molecule has 0 heterocycles. The number of benzene rings is 1. The quantitative estimate of drug-likeness (QED) is 0.872. The molecule has 0 fully saturated rings. The van der Waals surface area contributed by atoms with Crippen LogP contribution in [0, 0.1) is 5.92 Å². The highest BCUT2D eigenvalue weighted by Gasteiger charge is 2.16. The molecule has 0 aliphatic rings. The average Bonchev–Trinajstić information content (AvgIpc) is 2.37. The highest BCUT2D eigenvalue weighted by atomic mass is 35.5. The van der Waals surface area contributed by atoms with Gasteiger partial charge in [-0.15, -0.1) is 0 Å². The van der Waals surface area contributed by atoms with E-state index in [0.717, 1.165) is 11.3 Å². The van der Waals surface area contributed by atoms with Crippen LogP contribution in [-0.4, -0.2) is 31.7 Å². The van der Waals surface area contributed by atoms with Crippen LogP contribution < -0.4 is 10.2 Å². The summed E-state index contributed by atoms with van der Waals surface area (Å²) in [5, 5.41) is 12.7. The van der Waals surface area contributed by atoms with Gasteiger partial charge in [-0.2, -0.15) is 0 Å². The topological polar surface area (TPSA) is 52.6 Å². The van der Waals surface area contributed by atoms with Crippen molar-refractivity contribution in [3.05, 3.63) is 28.8 Å². The molecule has 106 valence electrons. The van der Waals surface area contributed by atoms with Gasteiger partial charge < -0.3 is 15.3 Å². The van der Waals surface area contributed by atoms with Gasteiger partial charge in [-0.3, -0.25) is 4.79 Å². The van der Waals surface area contributed by atoms with Crippen LogP contribution >= 0.6 is 11.6 Å². The first-order chi connectivity index (χ1) is 8.86. The molecule has 0 saturated heterocycles. The highest BCUT2D eigenvalue weighted by molar-refractivity contribution is 6.33. The van der Waals surface area contributed by atoms with Gasteiger partial charge in [0.05, 0.1) is 22.7 Å². The summed E-state index contributed by atoms with van der Waals surface area (Å²) in [5.41, 5.74) is 1.63. The van der Waals surface area contributed by atoms with Crippen LogP contribution in [0.1, 0.15) is 25.5 Å². The minimum Gasteiger partial charge on any atom is -0.389 e. The highest BCUT2D eigenvalue weighted by Crippen LogP contribution is 2.28. The van der Waals surface area contributed by atoms with Crippen LogP contribution in [0.15, 0.2) is 18.2 Å². The summed E-state index contributed by atoms with van der Waals surface area (Å²) in [5.74, 6) is -0.119. The van der Waals surface area contributed by atoms with Crippen molar-refractivity contribution >= 4 is 23.2 Å². The zero-order valence-electron chi connectivity index (χ0n) is 11.8. The molecule has 1 aromatic rings. The Balaban J connectivity index is 2.83. The fraction of sp³-hybridized carbons (Fsp3) is 0.500. The Morgan fingerprint density at radius 3 is 2.58 bits per heavy atom. The lowest BCUT2D eigenvalue weighted by molar-refractivity contribution is -0.123. The zero-order chi connectivity index (χ0) is 14.6. The molecule has 4 nitrogen and oxygen atoms in total. The van der Waals surface area contributed by atoms with Gasteiger partial charge in [-0.1, -0.05) is 24.6 Å². The van der Waals surface area contributed by atoms with Gasteiger partial charge >= 0.3 is 0 Å². The van der Waals surface area contributed by atoms with E-state index in [4.69, 9.17) is 11.6 Å². The minimum atomic E-state index is -0.540. The first-order valence-electron chi connectivity index (χ1n) is 6.27. The van der Waals surface area contributed by atoms with Gasteiger partial charge in [-0.05, 0) is 24.6 Å². The van der Waals surface area contributed by atoms with Crippen molar-refractivity contribution in [1.29, 1.82) is 0 Å². The second-order valence-electron chi connectivity index (χ2n) is 4.78. The third kappa shape index (κ3) is 4.11. The zero-order valence-corrected chi connectivity index (χ0v) is 12.5. The maximum absolute atomic E-state index is 11.5. The fourth-order valence-electron chi connectivity index (χ4n) is 1.93. The molecular weight excluding hydrogens is 264 g/mol. The first-order valence-corrected chi connectivity index (χ1v) is 6.64. The van der Waals surface area contributed by atoms with Crippen molar-refractivity contribution in [3.63, 3.8) is 0 Å². The van der Waals surface area contributed by atoms with Crippen molar-refractivity contribution in [2.24, 2.45) is 5.92 Å². The van der Waals surface area contributed by atoms with E-state index in [0.29, 0.717) is 11.6 Å². The first kappa shape index (κ1) is 15.8. The minimum absolute atomic E-state index is 0.00331. The largest absolute Gasteiger partial charge is 0.389 e. The number of amides is 1. The van der Waals surface area contributed by atoms with Crippen LogP contribution in [-0.2, 0) is 4.79 Å². The van der Waals surface area contributed by atoms with E-state index in [1.54, 1.807) is 20.0 Å². The van der Waals surface area contributed by atoms with Crippen molar-refractivity contribution in [2.75, 3.05) is 25.5 Å². The van der Waals surface area contributed by atoms with Crippen LogP contribution in [0.3, 0.4) is 0 Å². The van der Waals surface area contributed by atoms with Crippen molar-refractivity contribution < 1.29 is 9.90 Å². The lowest BCUT2D eigenvalue weighted by atomic mass is 10.1. The Kier molecular flexibility index (Phi) is 5.63. The number of hydrogen-bond donors (Lipinski definition) is 2. The van der Waals surface area contributed by atoms with E-state index in [1.807, 2.05) is 31.0 Å². The molecule has 19 heavy (non-hydrogen) atoms. The van der Waals surface area contributed by atoms with Crippen molar-refractivity contribution in [3.8, 4) is 0 Å². The van der Waals surface area contributed by atoms with Crippen molar-refractivity contribution in [1.82, 2.24) is 5.32 Å². The van der Waals surface area contributed by atoms with Gasteiger partial charge in [0.15, 0.2) is 0 Å². The van der Waals surface area contributed by atoms with E-state index in [-0.39, 0.29) is 11.8 Å². The van der Waals surface area contributed by atoms with Crippen LogP contribution in [0.4, 0.5) is 5.69 Å². The number of nitrogens with zero attached hydrogens (tertiary/aromatic N) is 1. The number of rotatable bonds is 5. The third-order valence-corrected chi connectivity index (χ3v) is 3.41. The van der Waals surface area contributed by atoms with Crippen LogP contribution in [0.25, 0.3) is 0 Å². The van der Waals surface area contributed by atoms with Crippen LogP contribution in [0.5, 0.6) is 0 Å². The van der Waals surface area contributed by atoms with Gasteiger partial charge in [0.2, 0.25) is 5.91 Å². The van der Waals surface area contributed by atoms with Gasteiger partial charge in [-0.25, -0.2) is 0 Å². The number of aliphatic hydroxyl groups excluding tert-OH is 1. The molecule has 2 atom stereocenters. The Hall–Kier alpha value is -1.26. The monoisotopic (exact) mass is 284 g/mol. The Labute approximate surface area is 119 Å². The van der Waals surface area contributed by atoms with E-state index < -0.39 is 6.10 Å². The van der Waals surface area contributed by atoms with Crippen molar-refractivity contribution in [2.45, 2.75) is 20.0 Å². The summed E-state index contributed by atoms with van der Waals surface area (Å²) in [6, 6.07) is 5.45. The van der Waals surface area contributed by atoms with Gasteiger partial charge in [0.25, 0.3) is 0 Å². The maximum atomic E-state index is 11.5. The SMILES string of the molecule is CNC(=O)C(C)CN(C)c1ccc([C@H](C)O)cc1Cl. The number of carbonyl (C=O) groups is 1. The molecule has 0 aliphatic carbocycles. The Morgan fingerprint density at radius 1 is 1.47 bits per heavy atom. The summed E-state index contributed by atoms with van der Waals surface area (Å²) in [4.78, 5) is 13.4. The number of aliphatic hydroxyl groups is 1. The predicted octanol–water partition coefficient (Wildman–Crippen LogP) is 2.21. The molecule has 1 aromatic carbocycles. The van der Waals surface area contributed by atoms with E-state index in [9.17, 15) is 9.90 Å². The number of nitrogens with one attached hydrogen (secondary N) is 1. The molecule has 0 bridgehead atoms. The normalized spacial score (nSPS) is 13.8. The van der Waals surface area contributed by atoms with E-state index >= 15 is 0 Å². The molecule has 1 amide bonds. The Bertz CT molecular complexity index is 449. The molecule has 1 rings (SSSR count). The molecule has 0 radical (unpaired) electrons. The molecular formula is C14H21ClN2O2. The smallest absolute Gasteiger partial charge is 0.224 e. The molecule has 0 spiro atoms. The molecule has 5 heteroatoms. The molecule has 2 N–H and O–H groups in total. The van der Waals surface area contributed by atoms with Crippen LogP contribution in [0.2, 0.25) is 5.02 Å². The predicted molar refractivity (Wildman–Crippen MR) is 78.6 cm³/mol. The molecule has 0 aliphatic heterocycles. The standard InChI is InChI=1S/C14H21ClN2O2/c1-9(14(19)16-3)8-17(4)13-6-5-11(10(2)18)7-12(13)15/h5-7,9-10,18H,8H2,1-4H3,(H,16,19)/t9?,10-/m0/s1. The summed E-state index contributed by atoms with van der Waals surface area (Å²) in [6.07, 6.45) is -0.540. The number of hydrogen-bond acceptors (Lipinski definition) is 3. The average molecular weight is 285 g/mol. The lowest BCUT2D eigenvalue weighted by Gasteiger charge is -2.24. The molecule has 0 aromatic heterocycles. The summed E-state index contributed by atoms with van der Waals surface area (Å²) in [7, 11) is 3.52. The van der Waals surface area contributed by atoms with Gasteiger partial charge in [0.1, 0.15) is 0 Å². The summed E-state index contributed by atoms with van der Waals surface area (Å²) in [6.45, 7) is 4.14.